The van der Waals surface area contributed by atoms with Crippen molar-refractivity contribution >= 4 is 35.4 Å². The van der Waals surface area contributed by atoms with Crippen molar-refractivity contribution in [3.63, 3.8) is 0 Å². The van der Waals surface area contributed by atoms with E-state index in [1.165, 1.54) is 13.0 Å². The Morgan fingerprint density at radius 2 is 1.44 bits per heavy atom. The molecule has 1 aromatic rings. The zero-order valence-corrected chi connectivity index (χ0v) is 23.7. The van der Waals surface area contributed by atoms with Gasteiger partial charge in [-0.15, -0.1) is 0 Å². The second kappa shape index (κ2) is 13.4. The first-order valence-corrected chi connectivity index (χ1v) is 12.9. The van der Waals surface area contributed by atoms with Crippen molar-refractivity contribution in [2.75, 3.05) is 6.61 Å². The smallest absolute Gasteiger partial charge is 0.303 e. The van der Waals surface area contributed by atoms with Crippen molar-refractivity contribution in [1.29, 1.82) is 0 Å². The van der Waals surface area contributed by atoms with E-state index < -0.39 is 72.6 Å². The Bertz CT molecular complexity index is 1310. The molecule has 1 heterocycles. The second-order valence-corrected chi connectivity index (χ2v) is 9.83. The maximum absolute atomic E-state index is 13.7. The lowest BCUT2D eigenvalue weighted by molar-refractivity contribution is -0.268. The Hall–Kier alpha value is -4.32. The van der Waals surface area contributed by atoms with E-state index in [-0.39, 0.29) is 28.9 Å². The number of esters is 3. The van der Waals surface area contributed by atoms with E-state index in [1.807, 2.05) is 13.8 Å². The number of Topliss-reactive ketones (excluding diaryl/α,β-unsaturated/α-hetero) is 2. The summed E-state index contributed by atoms with van der Waals surface area (Å²) in [7, 11) is 0. The fourth-order valence-electron chi connectivity index (χ4n) is 4.53. The molecule has 1 fully saturated rings. The highest BCUT2D eigenvalue weighted by molar-refractivity contribution is 6.26. The predicted molar refractivity (Wildman–Crippen MR) is 141 cm³/mol. The minimum Gasteiger partial charge on any atom is -0.463 e. The van der Waals surface area contributed by atoms with Gasteiger partial charge in [-0.2, -0.15) is 0 Å². The minimum atomic E-state index is -1.55. The molecule has 0 saturated carbocycles. The number of hydrogen-bond donors (Lipinski definition) is 1. The molecule has 1 aliphatic heterocycles. The monoisotopic (exact) mass is 571 g/mol. The van der Waals surface area contributed by atoms with Gasteiger partial charge in [-0.1, -0.05) is 35.9 Å². The number of hydrogen-bond acceptors (Lipinski definition) is 11. The molecule has 0 bridgehead atoms. The Balaban J connectivity index is 2.15. The van der Waals surface area contributed by atoms with Crippen LogP contribution in [-0.2, 0) is 42.9 Å². The molecule has 0 spiro atoms. The van der Waals surface area contributed by atoms with Gasteiger partial charge in [-0.05, 0) is 20.3 Å². The average molecular weight is 572 g/mol. The average Bonchev–Trinajstić information content (AvgIpc) is 2.88. The van der Waals surface area contributed by atoms with Gasteiger partial charge in [-0.3, -0.25) is 28.8 Å². The standard InChI is InChI=1S/C29H33NO11/c1-14(2)11-12-21-24(35)19-9-7-8-10-20(19)25(36)26(21)41-29-23(30-15(3)31)28(39-18(6)34)27(38-17(5)33)22(40-29)13-37-16(4)32/h7-11,22-23,27-29H,12-13H2,1-6H3,(H,30,31)/t22-,23-,27-,28-,29+/m1/s1. The van der Waals surface area contributed by atoms with Crippen molar-refractivity contribution in [1.82, 2.24) is 5.32 Å². The number of nitrogens with one attached hydrogen (secondary N) is 1. The molecule has 3 rings (SSSR count). The minimum absolute atomic E-state index is 0.0581. The first-order chi connectivity index (χ1) is 19.3. The van der Waals surface area contributed by atoms with E-state index in [0.717, 1.165) is 26.3 Å². The molecule has 2 aliphatic rings. The number of amides is 1. The topological polar surface area (TPSA) is 161 Å². The van der Waals surface area contributed by atoms with E-state index >= 15 is 0 Å². The van der Waals surface area contributed by atoms with Crippen LogP contribution in [-0.4, -0.2) is 72.6 Å². The Morgan fingerprint density at radius 3 is 1.98 bits per heavy atom. The normalized spacial score (nSPS) is 23.6. The zero-order chi connectivity index (χ0) is 30.4. The van der Waals surface area contributed by atoms with E-state index in [1.54, 1.807) is 24.3 Å². The summed E-state index contributed by atoms with van der Waals surface area (Å²) in [6.45, 7) is 7.80. The van der Waals surface area contributed by atoms with Crippen LogP contribution in [0.4, 0.5) is 0 Å². The summed E-state index contributed by atoms with van der Waals surface area (Å²) in [5.74, 6) is -4.13. The summed E-state index contributed by atoms with van der Waals surface area (Å²) in [5, 5.41) is 2.58. The molecular formula is C29H33NO11. The van der Waals surface area contributed by atoms with Crippen LogP contribution in [0.3, 0.4) is 0 Å². The van der Waals surface area contributed by atoms with Crippen molar-refractivity contribution < 1.29 is 52.5 Å². The van der Waals surface area contributed by atoms with Crippen molar-refractivity contribution in [3.8, 4) is 0 Å². The molecule has 220 valence electrons. The number of allylic oxidation sites excluding steroid dienone is 4. The van der Waals surface area contributed by atoms with Gasteiger partial charge in [0.05, 0.1) is 5.57 Å². The number of ketones is 2. The lowest BCUT2D eigenvalue weighted by Gasteiger charge is -2.45. The molecule has 0 radical (unpaired) electrons. The van der Waals surface area contributed by atoms with Gasteiger partial charge in [0, 0.05) is 38.8 Å². The molecule has 1 N–H and O–H groups in total. The molecule has 0 aromatic heterocycles. The number of carbonyl (C=O) groups excluding carboxylic acids is 6. The fourth-order valence-corrected chi connectivity index (χ4v) is 4.53. The summed E-state index contributed by atoms with van der Waals surface area (Å²) >= 11 is 0. The lowest BCUT2D eigenvalue weighted by Crippen LogP contribution is -2.66. The summed E-state index contributed by atoms with van der Waals surface area (Å²) < 4.78 is 28.1. The molecular weight excluding hydrogens is 538 g/mol. The molecule has 0 unspecified atom stereocenters. The third kappa shape index (κ3) is 7.66. The quantitative estimate of drug-likeness (QED) is 0.263. The molecule has 1 aliphatic carbocycles. The molecule has 12 nitrogen and oxygen atoms in total. The maximum atomic E-state index is 13.7. The van der Waals surface area contributed by atoms with E-state index in [9.17, 15) is 28.8 Å². The van der Waals surface area contributed by atoms with Crippen molar-refractivity contribution in [3.05, 3.63) is 58.4 Å². The summed E-state index contributed by atoms with van der Waals surface area (Å²) in [5.41, 5.74) is 1.28. The highest BCUT2D eigenvalue weighted by atomic mass is 16.7. The van der Waals surface area contributed by atoms with Gasteiger partial charge < -0.3 is 29.0 Å². The Labute approximate surface area is 237 Å². The number of ether oxygens (including phenoxy) is 5. The van der Waals surface area contributed by atoms with Crippen LogP contribution < -0.4 is 5.32 Å². The van der Waals surface area contributed by atoms with Gasteiger partial charge >= 0.3 is 17.9 Å². The zero-order valence-electron chi connectivity index (χ0n) is 23.7. The molecule has 12 heteroatoms. The fraction of sp³-hybridized carbons (Fsp3) is 0.448. The van der Waals surface area contributed by atoms with Gasteiger partial charge in [0.1, 0.15) is 18.8 Å². The highest BCUT2D eigenvalue weighted by Gasteiger charge is 2.52. The number of rotatable bonds is 9. The van der Waals surface area contributed by atoms with Gasteiger partial charge in [-0.25, -0.2) is 0 Å². The van der Waals surface area contributed by atoms with Crippen LogP contribution in [0.15, 0.2) is 47.2 Å². The third-order valence-electron chi connectivity index (χ3n) is 6.19. The highest BCUT2D eigenvalue weighted by Crippen LogP contribution is 2.34. The number of carbonyl (C=O) groups is 6. The van der Waals surface area contributed by atoms with Crippen LogP contribution in [0, 0.1) is 0 Å². The first kappa shape index (κ1) is 31.2. The van der Waals surface area contributed by atoms with Crippen LogP contribution in [0.5, 0.6) is 0 Å². The van der Waals surface area contributed by atoms with Crippen molar-refractivity contribution in [2.24, 2.45) is 0 Å². The largest absolute Gasteiger partial charge is 0.463 e. The van der Waals surface area contributed by atoms with Crippen LogP contribution in [0.1, 0.15) is 68.7 Å². The van der Waals surface area contributed by atoms with Crippen LogP contribution in [0.2, 0.25) is 0 Å². The van der Waals surface area contributed by atoms with E-state index in [4.69, 9.17) is 23.7 Å². The number of fused-ring (bicyclic) bond motifs is 1. The van der Waals surface area contributed by atoms with Crippen molar-refractivity contribution in [2.45, 2.75) is 78.6 Å². The Kier molecular flexibility index (Phi) is 10.2. The van der Waals surface area contributed by atoms with Crippen LogP contribution >= 0.6 is 0 Å². The summed E-state index contributed by atoms with van der Waals surface area (Å²) in [6.07, 6.45) is -3.69. The molecule has 1 aromatic carbocycles. The van der Waals surface area contributed by atoms with Gasteiger partial charge in [0.25, 0.3) is 0 Å². The summed E-state index contributed by atoms with van der Waals surface area (Å²) in [6, 6.07) is 4.97. The third-order valence-corrected chi connectivity index (χ3v) is 6.19. The van der Waals surface area contributed by atoms with Gasteiger partial charge in [0.15, 0.2) is 23.8 Å². The van der Waals surface area contributed by atoms with E-state index in [2.05, 4.69) is 5.32 Å². The Morgan fingerprint density at radius 1 is 0.854 bits per heavy atom. The molecule has 1 saturated heterocycles. The predicted octanol–water partition coefficient (Wildman–Crippen LogP) is 2.35. The number of benzene rings is 1. The SMILES string of the molecule is CC(=O)N[C@H]1[C@H](OC2=C(CC=C(C)C)C(=O)c3ccccc3C2=O)O[C@H](COC(C)=O)[C@@H](OC(C)=O)[C@@H]1OC(C)=O. The first-order valence-electron chi connectivity index (χ1n) is 12.9. The molecule has 5 atom stereocenters. The molecule has 1 amide bonds. The lowest BCUT2D eigenvalue weighted by atomic mass is 9.86. The summed E-state index contributed by atoms with van der Waals surface area (Å²) in [4.78, 5) is 75.1. The van der Waals surface area contributed by atoms with E-state index in [0.29, 0.717) is 0 Å². The van der Waals surface area contributed by atoms with Crippen LogP contribution in [0.25, 0.3) is 0 Å². The molecule has 41 heavy (non-hydrogen) atoms. The maximum Gasteiger partial charge on any atom is 0.303 e. The second-order valence-electron chi connectivity index (χ2n) is 9.83. The van der Waals surface area contributed by atoms with Gasteiger partial charge in [0.2, 0.25) is 18.0 Å².